The van der Waals surface area contributed by atoms with Crippen molar-refractivity contribution in [3.05, 3.63) is 0 Å². The molecule has 0 fully saturated rings. The SMILES string of the molecule is COCC(NC(=O)SS)C(F)(F)F. The summed E-state index contributed by atoms with van der Waals surface area (Å²) in [5.74, 6) is 0. The maximum atomic E-state index is 12.1. The van der Waals surface area contributed by atoms with E-state index in [4.69, 9.17) is 0 Å². The number of thiol groups is 1. The van der Waals surface area contributed by atoms with Crippen LogP contribution >= 0.6 is 22.5 Å². The van der Waals surface area contributed by atoms with Crippen molar-refractivity contribution in [2.45, 2.75) is 12.2 Å². The predicted molar refractivity (Wildman–Crippen MR) is 46.8 cm³/mol. The van der Waals surface area contributed by atoms with E-state index in [0.29, 0.717) is 10.8 Å². The van der Waals surface area contributed by atoms with Crippen LogP contribution in [0.4, 0.5) is 18.0 Å². The van der Waals surface area contributed by atoms with Gasteiger partial charge in [0, 0.05) is 17.9 Å². The number of nitrogens with one attached hydrogen (secondary N) is 1. The third-order valence-corrected chi connectivity index (χ3v) is 1.88. The Balaban J connectivity index is 4.18. The summed E-state index contributed by atoms with van der Waals surface area (Å²) < 4.78 is 40.5. The molecule has 1 amide bonds. The van der Waals surface area contributed by atoms with Crippen LogP contribution in [0.2, 0.25) is 0 Å². The maximum Gasteiger partial charge on any atom is 0.410 e. The van der Waals surface area contributed by atoms with E-state index in [9.17, 15) is 18.0 Å². The van der Waals surface area contributed by atoms with Crippen LogP contribution < -0.4 is 5.32 Å². The lowest BCUT2D eigenvalue weighted by Crippen LogP contribution is -2.46. The molecule has 0 bridgehead atoms. The summed E-state index contributed by atoms with van der Waals surface area (Å²) in [6, 6.07) is -1.98. The van der Waals surface area contributed by atoms with Crippen LogP contribution in [-0.4, -0.2) is 31.2 Å². The van der Waals surface area contributed by atoms with Crippen molar-refractivity contribution in [1.29, 1.82) is 0 Å². The Kier molecular flexibility index (Phi) is 5.57. The largest absolute Gasteiger partial charge is 0.410 e. The summed E-state index contributed by atoms with van der Waals surface area (Å²) in [7, 11) is 1.51. The fourth-order valence-electron chi connectivity index (χ4n) is 0.553. The molecule has 1 N–H and O–H groups in total. The van der Waals surface area contributed by atoms with E-state index < -0.39 is 24.1 Å². The minimum atomic E-state index is -4.50. The molecule has 3 nitrogen and oxygen atoms in total. The van der Waals surface area contributed by atoms with E-state index in [1.165, 1.54) is 0 Å². The van der Waals surface area contributed by atoms with Gasteiger partial charge in [-0.25, -0.2) is 0 Å². The Hall–Kier alpha value is -0.0800. The zero-order valence-corrected chi connectivity index (χ0v) is 8.30. The normalized spacial score (nSPS) is 13.9. The second-order valence-corrected chi connectivity index (χ2v) is 3.17. The number of carbonyl (C=O) groups is 1. The van der Waals surface area contributed by atoms with Crippen molar-refractivity contribution < 1.29 is 22.7 Å². The molecule has 1 atom stereocenters. The first kappa shape index (κ1) is 12.9. The number of carbonyl (C=O) groups excluding carboxylic acids is 1. The first-order chi connectivity index (χ1) is 5.91. The lowest BCUT2D eigenvalue weighted by Gasteiger charge is -2.19. The molecule has 1 unspecified atom stereocenters. The van der Waals surface area contributed by atoms with E-state index >= 15 is 0 Å². The summed E-state index contributed by atoms with van der Waals surface area (Å²) in [6.07, 6.45) is -4.50. The smallest absolute Gasteiger partial charge is 0.382 e. The Morgan fingerprint density at radius 3 is 2.54 bits per heavy atom. The Labute approximate surface area is 82.2 Å². The number of hydrogen-bond acceptors (Lipinski definition) is 4. The van der Waals surface area contributed by atoms with Gasteiger partial charge in [0.1, 0.15) is 6.04 Å². The second-order valence-electron chi connectivity index (χ2n) is 2.07. The number of methoxy groups -OCH3 is 1. The molecule has 0 rings (SSSR count). The molecule has 0 spiro atoms. The second kappa shape index (κ2) is 5.61. The van der Waals surface area contributed by atoms with Gasteiger partial charge in [0.2, 0.25) is 0 Å². The minimum Gasteiger partial charge on any atom is -0.382 e. The molecule has 0 radical (unpaired) electrons. The number of alkyl halides is 3. The maximum absolute atomic E-state index is 12.1. The van der Waals surface area contributed by atoms with E-state index in [1.807, 2.05) is 0 Å². The van der Waals surface area contributed by atoms with Crippen LogP contribution in [0.1, 0.15) is 0 Å². The fourth-order valence-corrected chi connectivity index (χ4v) is 0.906. The molecular formula is C5H8F3NO2S2. The quantitative estimate of drug-likeness (QED) is 0.579. The Bertz CT molecular complexity index is 176. The van der Waals surface area contributed by atoms with Gasteiger partial charge in [-0.15, -0.1) is 11.7 Å². The van der Waals surface area contributed by atoms with Gasteiger partial charge in [0.05, 0.1) is 6.61 Å². The van der Waals surface area contributed by atoms with Crippen LogP contribution in [0.15, 0.2) is 0 Å². The minimum absolute atomic E-state index is 0.384. The molecular weight excluding hydrogens is 227 g/mol. The molecule has 0 saturated carbocycles. The number of amides is 1. The Morgan fingerprint density at radius 2 is 2.23 bits per heavy atom. The number of rotatable bonds is 3. The van der Waals surface area contributed by atoms with E-state index in [0.717, 1.165) is 7.11 Å². The van der Waals surface area contributed by atoms with Gasteiger partial charge in [-0.2, -0.15) is 13.2 Å². The topological polar surface area (TPSA) is 38.3 Å². The van der Waals surface area contributed by atoms with Gasteiger partial charge >= 0.3 is 6.18 Å². The highest BCUT2D eigenvalue weighted by Crippen LogP contribution is 2.21. The molecule has 0 aromatic heterocycles. The summed E-state index contributed by atoms with van der Waals surface area (Å²) in [6.45, 7) is -0.608. The third kappa shape index (κ3) is 5.27. The van der Waals surface area contributed by atoms with Crippen LogP contribution in [0.3, 0.4) is 0 Å². The van der Waals surface area contributed by atoms with Crippen LogP contribution in [-0.2, 0) is 4.74 Å². The standard InChI is InChI=1S/C5H8F3NO2S2/c1-11-2-3(5(6,7)8)9-4(10)13-12/h3,12H,2H2,1H3,(H,9,10). The number of halogens is 3. The molecule has 8 heteroatoms. The zero-order valence-electron chi connectivity index (χ0n) is 6.59. The fraction of sp³-hybridized carbons (Fsp3) is 0.800. The van der Waals surface area contributed by atoms with E-state index in [1.54, 1.807) is 5.32 Å². The average molecular weight is 235 g/mol. The molecule has 0 saturated heterocycles. The highest BCUT2D eigenvalue weighted by atomic mass is 33.1. The summed E-state index contributed by atoms with van der Waals surface area (Å²) in [5.41, 5.74) is 0. The average Bonchev–Trinajstić information content (AvgIpc) is 2.01. The van der Waals surface area contributed by atoms with Gasteiger partial charge in [-0.1, -0.05) is 0 Å². The number of ether oxygens (including phenoxy) is 1. The zero-order chi connectivity index (χ0) is 10.5. The van der Waals surface area contributed by atoms with Crippen molar-refractivity contribution in [3.63, 3.8) is 0 Å². The summed E-state index contributed by atoms with van der Waals surface area (Å²) >= 11 is 3.45. The lowest BCUT2D eigenvalue weighted by molar-refractivity contribution is -0.162. The van der Waals surface area contributed by atoms with Crippen molar-refractivity contribution in [1.82, 2.24) is 5.32 Å². The first-order valence-electron chi connectivity index (χ1n) is 3.09. The highest BCUT2D eigenvalue weighted by Gasteiger charge is 2.40. The molecule has 0 aliphatic heterocycles. The Morgan fingerprint density at radius 1 is 1.69 bits per heavy atom. The summed E-state index contributed by atoms with van der Waals surface area (Å²) in [4.78, 5) is 10.6. The van der Waals surface area contributed by atoms with Gasteiger partial charge in [0.15, 0.2) is 0 Å². The lowest BCUT2D eigenvalue weighted by atomic mass is 10.3. The third-order valence-electron chi connectivity index (χ3n) is 1.10. The molecule has 78 valence electrons. The first-order valence-corrected chi connectivity index (χ1v) is 4.96. The monoisotopic (exact) mass is 235 g/mol. The van der Waals surface area contributed by atoms with E-state index in [-0.39, 0.29) is 0 Å². The van der Waals surface area contributed by atoms with Gasteiger partial charge < -0.3 is 10.1 Å². The molecule has 0 heterocycles. The van der Waals surface area contributed by atoms with Gasteiger partial charge in [-0.3, -0.25) is 4.79 Å². The molecule has 0 aliphatic carbocycles. The van der Waals surface area contributed by atoms with Gasteiger partial charge in [-0.05, 0) is 0 Å². The van der Waals surface area contributed by atoms with E-state index in [2.05, 4.69) is 16.4 Å². The molecule has 0 aliphatic rings. The van der Waals surface area contributed by atoms with Crippen LogP contribution in [0.25, 0.3) is 0 Å². The van der Waals surface area contributed by atoms with Crippen molar-refractivity contribution in [3.8, 4) is 0 Å². The van der Waals surface area contributed by atoms with Crippen LogP contribution in [0, 0.1) is 0 Å². The summed E-state index contributed by atoms with van der Waals surface area (Å²) in [5, 5.41) is 0.847. The molecule has 0 aromatic rings. The van der Waals surface area contributed by atoms with Crippen molar-refractivity contribution >= 4 is 27.7 Å². The van der Waals surface area contributed by atoms with Crippen molar-refractivity contribution in [2.75, 3.05) is 13.7 Å². The van der Waals surface area contributed by atoms with Gasteiger partial charge in [0.25, 0.3) is 5.24 Å². The van der Waals surface area contributed by atoms with Crippen LogP contribution in [0.5, 0.6) is 0 Å². The predicted octanol–water partition coefficient (Wildman–Crippen LogP) is 1.85. The van der Waals surface area contributed by atoms with Crippen molar-refractivity contribution in [2.24, 2.45) is 0 Å². The molecule has 0 aromatic carbocycles. The number of hydrogen-bond donors (Lipinski definition) is 2. The highest BCUT2D eigenvalue weighted by molar-refractivity contribution is 8.74. The molecule has 13 heavy (non-hydrogen) atoms.